The van der Waals surface area contributed by atoms with Crippen molar-refractivity contribution in [2.45, 2.75) is 33.2 Å². The molecule has 80 valence electrons. The van der Waals surface area contributed by atoms with E-state index in [4.69, 9.17) is 4.42 Å². The molecule has 2 nitrogen and oxygen atoms in total. The smallest absolute Gasteiger partial charge is 0.169 e. The van der Waals surface area contributed by atoms with Gasteiger partial charge in [0.2, 0.25) is 0 Å². The number of hydrogen-bond acceptors (Lipinski definition) is 2. The standard InChI is InChI=1S/C11H18BrNO/c1-4-13-9(7-8(2)3)10-5-6-11(12)14-10/h5-6,8-9,13H,4,7H2,1-3H3. The van der Waals surface area contributed by atoms with Crippen molar-refractivity contribution >= 4 is 15.9 Å². The third-order valence-corrected chi connectivity index (χ3v) is 2.52. The van der Waals surface area contributed by atoms with E-state index in [0.29, 0.717) is 12.0 Å². The molecule has 0 bridgehead atoms. The van der Waals surface area contributed by atoms with E-state index >= 15 is 0 Å². The lowest BCUT2D eigenvalue weighted by molar-refractivity contribution is 0.359. The molecule has 0 saturated heterocycles. The Balaban J connectivity index is 2.66. The molecule has 1 rings (SSSR count). The minimum Gasteiger partial charge on any atom is -0.453 e. The topological polar surface area (TPSA) is 25.2 Å². The molecule has 1 unspecified atom stereocenters. The van der Waals surface area contributed by atoms with Crippen LogP contribution in [0.15, 0.2) is 21.2 Å². The van der Waals surface area contributed by atoms with Crippen molar-refractivity contribution in [2.24, 2.45) is 5.92 Å². The molecule has 1 aromatic rings. The molecule has 0 aromatic carbocycles. The van der Waals surface area contributed by atoms with Gasteiger partial charge in [-0.2, -0.15) is 0 Å². The molecule has 0 amide bonds. The summed E-state index contributed by atoms with van der Waals surface area (Å²) in [7, 11) is 0. The number of nitrogens with one attached hydrogen (secondary N) is 1. The van der Waals surface area contributed by atoms with Crippen molar-refractivity contribution in [3.8, 4) is 0 Å². The van der Waals surface area contributed by atoms with Gasteiger partial charge in [-0.1, -0.05) is 20.8 Å². The molecule has 0 fully saturated rings. The maximum Gasteiger partial charge on any atom is 0.169 e. The lowest BCUT2D eigenvalue weighted by Gasteiger charge is -2.17. The molecular weight excluding hydrogens is 242 g/mol. The Kier molecular flexibility index (Phi) is 4.69. The number of rotatable bonds is 5. The van der Waals surface area contributed by atoms with Crippen molar-refractivity contribution in [3.63, 3.8) is 0 Å². The Morgan fingerprint density at radius 2 is 2.14 bits per heavy atom. The summed E-state index contributed by atoms with van der Waals surface area (Å²) in [6.45, 7) is 7.53. The van der Waals surface area contributed by atoms with Gasteiger partial charge in [0.25, 0.3) is 0 Å². The van der Waals surface area contributed by atoms with E-state index < -0.39 is 0 Å². The van der Waals surface area contributed by atoms with Gasteiger partial charge >= 0.3 is 0 Å². The molecule has 0 radical (unpaired) electrons. The van der Waals surface area contributed by atoms with Crippen LogP contribution in [0.2, 0.25) is 0 Å². The largest absolute Gasteiger partial charge is 0.453 e. The lowest BCUT2D eigenvalue weighted by Crippen LogP contribution is -2.21. The van der Waals surface area contributed by atoms with Gasteiger partial charge in [-0.25, -0.2) is 0 Å². The second kappa shape index (κ2) is 5.56. The molecule has 14 heavy (non-hydrogen) atoms. The molecule has 0 aliphatic heterocycles. The van der Waals surface area contributed by atoms with Gasteiger partial charge in [0.05, 0.1) is 6.04 Å². The molecule has 0 saturated carbocycles. The summed E-state index contributed by atoms with van der Waals surface area (Å²) in [5.74, 6) is 1.69. The molecular formula is C11H18BrNO. The monoisotopic (exact) mass is 259 g/mol. The number of halogens is 1. The van der Waals surface area contributed by atoms with E-state index in [1.54, 1.807) is 0 Å². The Hall–Kier alpha value is -0.280. The molecule has 1 heterocycles. The fourth-order valence-electron chi connectivity index (χ4n) is 1.53. The first-order chi connectivity index (χ1) is 6.63. The zero-order valence-corrected chi connectivity index (χ0v) is 10.6. The van der Waals surface area contributed by atoms with E-state index in [2.05, 4.69) is 42.0 Å². The van der Waals surface area contributed by atoms with Crippen LogP contribution in [0.4, 0.5) is 0 Å². The van der Waals surface area contributed by atoms with E-state index in [9.17, 15) is 0 Å². The summed E-state index contributed by atoms with van der Waals surface area (Å²) in [5.41, 5.74) is 0. The van der Waals surface area contributed by atoms with E-state index in [1.165, 1.54) is 0 Å². The molecule has 1 atom stereocenters. The van der Waals surface area contributed by atoms with Crippen LogP contribution in [0.5, 0.6) is 0 Å². The molecule has 0 spiro atoms. The van der Waals surface area contributed by atoms with Crippen molar-refractivity contribution < 1.29 is 4.42 Å². The summed E-state index contributed by atoms with van der Waals surface area (Å²) in [4.78, 5) is 0. The average molecular weight is 260 g/mol. The number of hydrogen-bond donors (Lipinski definition) is 1. The summed E-state index contributed by atoms with van der Waals surface area (Å²) < 4.78 is 6.36. The molecule has 1 N–H and O–H groups in total. The summed E-state index contributed by atoms with van der Waals surface area (Å²) in [6, 6.07) is 4.31. The minimum atomic E-state index is 0.339. The molecule has 1 aromatic heterocycles. The van der Waals surface area contributed by atoms with Crippen molar-refractivity contribution in [3.05, 3.63) is 22.6 Å². The Morgan fingerprint density at radius 3 is 2.57 bits per heavy atom. The van der Waals surface area contributed by atoms with Crippen LogP contribution < -0.4 is 5.32 Å². The maximum absolute atomic E-state index is 5.55. The van der Waals surface area contributed by atoms with Crippen LogP contribution in [0.25, 0.3) is 0 Å². The first-order valence-corrected chi connectivity index (χ1v) is 5.91. The number of furan rings is 1. The van der Waals surface area contributed by atoms with E-state index in [1.807, 2.05) is 12.1 Å². The van der Waals surface area contributed by atoms with Crippen molar-refractivity contribution in [1.29, 1.82) is 0 Å². The zero-order chi connectivity index (χ0) is 10.6. The summed E-state index contributed by atoms with van der Waals surface area (Å²) in [6.07, 6.45) is 1.10. The second-order valence-corrected chi connectivity index (χ2v) is 4.66. The Morgan fingerprint density at radius 1 is 1.43 bits per heavy atom. The van der Waals surface area contributed by atoms with Crippen LogP contribution in [0, 0.1) is 5.92 Å². The van der Waals surface area contributed by atoms with Gasteiger partial charge in [0.1, 0.15) is 5.76 Å². The maximum atomic E-state index is 5.55. The Labute approximate surface area is 94.2 Å². The fourth-order valence-corrected chi connectivity index (χ4v) is 1.85. The van der Waals surface area contributed by atoms with Crippen LogP contribution >= 0.6 is 15.9 Å². The molecule has 0 aliphatic carbocycles. The van der Waals surface area contributed by atoms with Crippen LogP contribution in [-0.4, -0.2) is 6.54 Å². The predicted octanol–water partition coefficient (Wildman–Crippen LogP) is 3.74. The van der Waals surface area contributed by atoms with Gasteiger partial charge in [0.15, 0.2) is 4.67 Å². The van der Waals surface area contributed by atoms with Gasteiger partial charge in [-0.3, -0.25) is 0 Å². The van der Waals surface area contributed by atoms with Crippen molar-refractivity contribution in [1.82, 2.24) is 5.32 Å². The van der Waals surface area contributed by atoms with Gasteiger partial charge in [0, 0.05) is 0 Å². The second-order valence-electron chi connectivity index (χ2n) is 3.88. The van der Waals surface area contributed by atoms with Crippen LogP contribution in [0.3, 0.4) is 0 Å². The van der Waals surface area contributed by atoms with Crippen LogP contribution in [0.1, 0.15) is 39.0 Å². The SMILES string of the molecule is CCNC(CC(C)C)c1ccc(Br)o1. The molecule has 3 heteroatoms. The summed E-state index contributed by atoms with van der Waals surface area (Å²) >= 11 is 3.32. The highest BCUT2D eigenvalue weighted by molar-refractivity contribution is 9.10. The predicted molar refractivity (Wildman–Crippen MR) is 62.3 cm³/mol. The quantitative estimate of drug-likeness (QED) is 0.872. The van der Waals surface area contributed by atoms with E-state index in [-0.39, 0.29) is 0 Å². The zero-order valence-electron chi connectivity index (χ0n) is 9.01. The van der Waals surface area contributed by atoms with E-state index in [0.717, 1.165) is 23.4 Å². The van der Waals surface area contributed by atoms with Gasteiger partial charge in [-0.05, 0) is 46.9 Å². The third-order valence-electron chi connectivity index (χ3n) is 2.10. The first kappa shape index (κ1) is 11.8. The fraction of sp³-hybridized carbons (Fsp3) is 0.636. The minimum absolute atomic E-state index is 0.339. The highest BCUT2D eigenvalue weighted by Gasteiger charge is 2.15. The highest BCUT2D eigenvalue weighted by atomic mass is 79.9. The Bertz CT molecular complexity index is 270. The average Bonchev–Trinajstić information content (AvgIpc) is 2.50. The normalized spacial score (nSPS) is 13.5. The summed E-state index contributed by atoms with van der Waals surface area (Å²) in [5, 5.41) is 3.43. The van der Waals surface area contributed by atoms with Gasteiger partial charge in [-0.15, -0.1) is 0 Å². The third kappa shape index (κ3) is 3.46. The highest BCUT2D eigenvalue weighted by Crippen LogP contribution is 2.25. The van der Waals surface area contributed by atoms with Crippen LogP contribution in [-0.2, 0) is 0 Å². The first-order valence-electron chi connectivity index (χ1n) is 5.12. The molecule has 0 aliphatic rings. The van der Waals surface area contributed by atoms with Gasteiger partial charge < -0.3 is 9.73 Å². The van der Waals surface area contributed by atoms with Crippen molar-refractivity contribution in [2.75, 3.05) is 6.54 Å². The lowest BCUT2D eigenvalue weighted by atomic mass is 10.0.